The highest BCUT2D eigenvalue weighted by atomic mass is 16.5. The number of methoxy groups -OCH3 is 1. The van der Waals surface area contributed by atoms with Crippen LogP contribution in [0.5, 0.6) is 5.75 Å². The lowest BCUT2D eigenvalue weighted by Gasteiger charge is -2.20. The van der Waals surface area contributed by atoms with E-state index in [1.807, 2.05) is 6.07 Å². The van der Waals surface area contributed by atoms with Crippen molar-refractivity contribution < 1.29 is 4.74 Å². The van der Waals surface area contributed by atoms with Gasteiger partial charge in [-0.25, -0.2) is 0 Å². The molecule has 102 valence electrons. The standard InChI is InChI=1S/C16H22N2O/c1-13-4-5-15(19-3)14(10-13)6-9-18(2)12-16(11-17)7-8-16/h4-5,10H,6-9,12H2,1-3H3. The molecule has 0 bridgehead atoms. The number of likely N-dealkylation sites (N-methyl/N-ethyl adjacent to an activating group) is 1. The highest BCUT2D eigenvalue weighted by Gasteiger charge is 2.43. The number of rotatable bonds is 6. The quantitative estimate of drug-likeness (QED) is 0.787. The fraction of sp³-hybridized carbons (Fsp3) is 0.562. The molecule has 1 aliphatic rings. The van der Waals surface area contributed by atoms with Crippen LogP contribution in [0.3, 0.4) is 0 Å². The van der Waals surface area contributed by atoms with E-state index in [1.165, 1.54) is 11.1 Å². The summed E-state index contributed by atoms with van der Waals surface area (Å²) < 4.78 is 5.40. The van der Waals surface area contributed by atoms with Crippen LogP contribution in [0.25, 0.3) is 0 Å². The molecular formula is C16H22N2O. The van der Waals surface area contributed by atoms with Crippen LogP contribution in [0.15, 0.2) is 18.2 Å². The van der Waals surface area contributed by atoms with Gasteiger partial charge < -0.3 is 9.64 Å². The SMILES string of the molecule is COc1ccc(C)cc1CCN(C)CC1(C#N)CC1. The summed E-state index contributed by atoms with van der Waals surface area (Å²) in [6.07, 6.45) is 3.08. The first-order valence-corrected chi connectivity index (χ1v) is 6.82. The Balaban J connectivity index is 1.91. The van der Waals surface area contributed by atoms with E-state index < -0.39 is 0 Å². The zero-order chi connectivity index (χ0) is 13.9. The fourth-order valence-corrected chi connectivity index (χ4v) is 2.47. The van der Waals surface area contributed by atoms with E-state index in [1.54, 1.807) is 7.11 Å². The molecule has 0 unspecified atom stereocenters. The van der Waals surface area contributed by atoms with Gasteiger partial charge in [-0.3, -0.25) is 0 Å². The molecule has 1 aliphatic carbocycles. The Bertz CT molecular complexity index is 486. The fourth-order valence-electron chi connectivity index (χ4n) is 2.47. The lowest BCUT2D eigenvalue weighted by molar-refractivity contribution is 0.296. The average molecular weight is 258 g/mol. The van der Waals surface area contributed by atoms with Gasteiger partial charge in [-0.1, -0.05) is 17.7 Å². The summed E-state index contributed by atoms with van der Waals surface area (Å²) in [4.78, 5) is 2.26. The summed E-state index contributed by atoms with van der Waals surface area (Å²) in [5.74, 6) is 0.959. The molecule has 0 aromatic heterocycles. The summed E-state index contributed by atoms with van der Waals surface area (Å²) in [5, 5.41) is 9.11. The van der Waals surface area contributed by atoms with Crippen LogP contribution in [0, 0.1) is 23.7 Å². The molecule has 2 rings (SSSR count). The molecule has 0 spiro atoms. The summed E-state index contributed by atoms with van der Waals surface area (Å²) in [5.41, 5.74) is 2.45. The first-order valence-electron chi connectivity index (χ1n) is 6.82. The molecule has 1 saturated carbocycles. The first-order chi connectivity index (χ1) is 9.08. The largest absolute Gasteiger partial charge is 0.496 e. The van der Waals surface area contributed by atoms with Gasteiger partial charge in [0.05, 0.1) is 18.6 Å². The van der Waals surface area contributed by atoms with Crippen molar-refractivity contribution in [2.45, 2.75) is 26.2 Å². The van der Waals surface area contributed by atoms with Gasteiger partial charge >= 0.3 is 0 Å². The van der Waals surface area contributed by atoms with Gasteiger partial charge in [0.15, 0.2) is 0 Å². The topological polar surface area (TPSA) is 36.3 Å². The number of nitriles is 1. The molecule has 1 aromatic carbocycles. The zero-order valence-corrected chi connectivity index (χ0v) is 12.1. The van der Waals surface area contributed by atoms with Gasteiger partial charge in [0.2, 0.25) is 0 Å². The maximum absolute atomic E-state index is 9.11. The van der Waals surface area contributed by atoms with Crippen molar-refractivity contribution in [3.05, 3.63) is 29.3 Å². The monoisotopic (exact) mass is 258 g/mol. The van der Waals surface area contributed by atoms with Crippen LogP contribution in [0.2, 0.25) is 0 Å². The summed E-state index contributed by atoms with van der Waals surface area (Å²) >= 11 is 0. The predicted octanol–water partition coefficient (Wildman–Crippen LogP) is 2.78. The molecule has 0 N–H and O–H groups in total. The van der Waals surface area contributed by atoms with Crippen molar-refractivity contribution in [2.24, 2.45) is 5.41 Å². The van der Waals surface area contributed by atoms with Gasteiger partial charge in [0.1, 0.15) is 5.75 Å². The number of aryl methyl sites for hydroxylation is 1. The Hall–Kier alpha value is -1.53. The normalized spacial score (nSPS) is 16.2. The van der Waals surface area contributed by atoms with E-state index in [-0.39, 0.29) is 5.41 Å². The maximum Gasteiger partial charge on any atom is 0.122 e. The van der Waals surface area contributed by atoms with E-state index in [9.17, 15) is 0 Å². The molecule has 3 nitrogen and oxygen atoms in total. The van der Waals surface area contributed by atoms with E-state index in [4.69, 9.17) is 10.00 Å². The second-order valence-corrected chi connectivity index (χ2v) is 5.70. The van der Waals surface area contributed by atoms with E-state index in [2.05, 4.69) is 37.1 Å². The number of hydrogen-bond donors (Lipinski definition) is 0. The van der Waals surface area contributed by atoms with E-state index in [0.717, 1.165) is 38.1 Å². The molecule has 1 fully saturated rings. The smallest absolute Gasteiger partial charge is 0.122 e. The maximum atomic E-state index is 9.11. The van der Waals surface area contributed by atoms with Crippen LogP contribution in [-0.4, -0.2) is 32.1 Å². The molecular weight excluding hydrogens is 236 g/mol. The Morgan fingerprint density at radius 3 is 2.74 bits per heavy atom. The minimum Gasteiger partial charge on any atom is -0.496 e. The second-order valence-electron chi connectivity index (χ2n) is 5.70. The number of ether oxygens (including phenoxy) is 1. The van der Waals surface area contributed by atoms with Gasteiger partial charge in [0.25, 0.3) is 0 Å². The van der Waals surface area contributed by atoms with Crippen LogP contribution in [0.1, 0.15) is 24.0 Å². The molecule has 19 heavy (non-hydrogen) atoms. The van der Waals surface area contributed by atoms with E-state index >= 15 is 0 Å². The third-order valence-electron chi connectivity index (χ3n) is 3.86. The first kappa shape index (κ1) is 13.9. The van der Waals surface area contributed by atoms with Crippen molar-refractivity contribution in [1.29, 1.82) is 5.26 Å². The van der Waals surface area contributed by atoms with Gasteiger partial charge in [0, 0.05) is 13.1 Å². The van der Waals surface area contributed by atoms with E-state index in [0.29, 0.717) is 0 Å². The number of nitrogens with zero attached hydrogens (tertiary/aromatic N) is 2. The average Bonchev–Trinajstić information content (AvgIpc) is 3.17. The van der Waals surface area contributed by atoms with Crippen LogP contribution in [0.4, 0.5) is 0 Å². The number of hydrogen-bond acceptors (Lipinski definition) is 3. The van der Waals surface area contributed by atoms with Crippen molar-refractivity contribution in [2.75, 3.05) is 27.2 Å². The molecule has 0 aliphatic heterocycles. The van der Waals surface area contributed by atoms with Crippen LogP contribution >= 0.6 is 0 Å². The van der Waals surface area contributed by atoms with Crippen molar-refractivity contribution in [3.8, 4) is 11.8 Å². The summed E-state index contributed by atoms with van der Waals surface area (Å²) in [6, 6.07) is 8.73. The Morgan fingerprint density at radius 2 is 2.16 bits per heavy atom. The summed E-state index contributed by atoms with van der Waals surface area (Å²) in [7, 11) is 3.81. The second kappa shape index (κ2) is 5.63. The van der Waals surface area contributed by atoms with Crippen molar-refractivity contribution in [3.63, 3.8) is 0 Å². The minimum atomic E-state index is -0.0502. The Morgan fingerprint density at radius 1 is 1.42 bits per heavy atom. The van der Waals surface area contributed by atoms with Crippen LogP contribution in [-0.2, 0) is 6.42 Å². The Labute approximate surface area is 115 Å². The molecule has 0 amide bonds. The Kier molecular flexibility index (Phi) is 4.11. The molecule has 0 heterocycles. The highest BCUT2D eigenvalue weighted by molar-refractivity contribution is 5.37. The molecule has 0 atom stereocenters. The molecule has 1 aromatic rings. The molecule has 0 radical (unpaired) electrons. The van der Waals surface area contributed by atoms with Gasteiger partial charge in [-0.2, -0.15) is 5.26 Å². The number of benzene rings is 1. The van der Waals surface area contributed by atoms with Crippen molar-refractivity contribution >= 4 is 0 Å². The molecule has 3 heteroatoms. The lowest BCUT2D eigenvalue weighted by Crippen LogP contribution is -2.28. The van der Waals surface area contributed by atoms with Gasteiger partial charge in [-0.05, 0) is 44.9 Å². The zero-order valence-electron chi connectivity index (χ0n) is 12.1. The van der Waals surface area contributed by atoms with Crippen molar-refractivity contribution in [1.82, 2.24) is 4.90 Å². The van der Waals surface area contributed by atoms with Crippen LogP contribution < -0.4 is 4.74 Å². The minimum absolute atomic E-state index is 0.0502. The predicted molar refractivity (Wildman–Crippen MR) is 76.2 cm³/mol. The lowest BCUT2D eigenvalue weighted by atomic mass is 10.1. The summed E-state index contributed by atoms with van der Waals surface area (Å²) in [6.45, 7) is 3.95. The third kappa shape index (κ3) is 3.48. The highest BCUT2D eigenvalue weighted by Crippen LogP contribution is 2.45. The van der Waals surface area contributed by atoms with Gasteiger partial charge in [-0.15, -0.1) is 0 Å². The molecule has 0 saturated heterocycles. The third-order valence-corrected chi connectivity index (χ3v) is 3.86.